The fourth-order valence-corrected chi connectivity index (χ4v) is 2.91. The SMILES string of the molecule is CC1CN(c2nc(-c3cccc(Cl)c3)no2)CCN1CC(F)(F)F. The third-order valence-corrected chi connectivity index (χ3v) is 4.15. The van der Waals surface area contributed by atoms with E-state index >= 15 is 0 Å². The van der Waals surface area contributed by atoms with Crippen molar-refractivity contribution in [3.8, 4) is 11.4 Å². The van der Waals surface area contributed by atoms with Gasteiger partial charge < -0.3 is 9.42 Å². The molecule has 1 aromatic heterocycles. The predicted molar refractivity (Wildman–Crippen MR) is 84.0 cm³/mol. The molecule has 1 atom stereocenters. The second-order valence-electron chi connectivity index (χ2n) is 5.79. The van der Waals surface area contributed by atoms with E-state index in [1.54, 1.807) is 30.0 Å². The second kappa shape index (κ2) is 6.60. The van der Waals surface area contributed by atoms with Crippen molar-refractivity contribution in [2.45, 2.75) is 19.1 Å². The van der Waals surface area contributed by atoms with Crippen LogP contribution in [0.2, 0.25) is 5.02 Å². The average molecular weight is 361 g/mol. The van der Waals surface area contributed by atoms with Crippen LogP contribution in [0.15, 0.2) is 28.8 Å². The zero-order chi connectivity index (χ0) is 17.3. The zero-order valence-corrected chi connectivity index (χ0v) is 13.7. The van der Waals surface area contributed by atoms with Gasteiger partial charge in [0.1, 0.15) is 0 Å². The molecule has 2 aromatic rings. The van der Waals surface area contributed by atoms with E-state index in [4.69, 9.17) is 16.1 Å². The Balaban J connectivity index is 1.69. The number of rotatable bonds is 3. The molecule has 1 saturated heterocycles. The lowest BCUT2D eigenvalue weighted by Crippen LogP contribution is -2.54. The summed E-state index contributed by atoms with van der Waals surface area (Å²) in [6.45, 7) is 1.94. The van der Waals surface area contributed by atoms with Crippen LogP contribution >= 0.6 is 11.6 Å². The lowest BCUT2D eigenvalue weighted by Gasteiger charge is -2.39. The van der Waals surface area contributed by atoms with Gasteiger partial charge in [0.05, 0.1) is 6.54 Å². The third kappa shape index (κ3) is 3.99. The molecule has 9 heteroatoms. The van der Waals surface area contributed by atoms with Crippen molar-refractivity contribution < 1.29 is 17.7 Å². The lowest BCUT2D eigenvalue weighted by atomic mass is 10.2. The van der Waals surface area contributed by atoms with Crippen molar-refractivity contribution in [2.24, 2.45) is 0 Å². The molecule has 0 radical (unpaired) electrons. The van der Waals surface area contributed by atoms with Crippen LogP contribution in [0, 0.1) is 0 Å². The van der Waals surface area contributed by atoms with Gasteiger partial charge in [-0.15, -0.1) is 0 Å². The molecule has 5 nitrogen and oxygen atoms in total. The summed E-state index contributed by atoms with van der Waals surface area (Å²) < 4.78 is 42.9. The van der Waals surface area contributed by atoms with Crippen LogP contribution in [-0.4, -0.2) is 53.4 Å². The standard InChI is InChI=1S/C15H16ClF3N4O/c1-10-8-22(5-6-23(10)9-15(17,18)19)14-20-13(21-24-14)11-3-2-4-12(16)7-11/h2-4,7,10H,5-6,8-9H2,1H3. The minimum Gasteiger partial charge on any atom is -0.322 e. The fourth-order valence-electron chi connectivity index (χ4n) is 2.72. The molecule has 0 saturated carbocycles. The van der Waals surface area contributed by atoms with Gasteiger partial charge in [0.2, 0.25) is 5.82 Å². The number of piperazine rings is 1. The van der Waals surface area contributed by atoms with E-state index < -0.39 is 12.7 Å². The molecule has 0 bridgehead atoms. The van der Waals surface area contributed by atoms with Crippen molar-refractivity contribution in [1.29, 1.82) is 0 Å². The maximum absolute atomic E-state index is 12.6. The molecule has 1 unspecified atom stereocenters. The van der Waals surface area contributed by atoms with E-state index in [2.05, 4.69) is 10.1 Å². The van der Waals surface area contributed by atoms with Crippen molar-refractivity contribution in [3.63, 3.8) is 0 Å². The van der Waals surface area contributed by atoms with Crippen LogP contribution < -0.4 is 4.90 Å². The van der Waals surface area contributed by atoms with Gasteiger partial charge in [0.15, 0.2) is 0 Å². The van der Waals surface area contributed by atoms with Gasteiger partial charge in [-0.25, -0.2) is 0 Å². The highest BCUT2D eigenvalue weighted by Crippen LogP contribution is 2.25. The molecule has 1 aromatic carbocycles. The highest BCUT2D eigenvalue weighted by Gasteiger charge is 2.35. The first-order valence-corrected chi connectivity index (χ1v) is 7.85. The molecule has 0 amide bonds. The first-order chi connectivity index (χ1) is 11.3. The molecule has 0 N–H and O–H groups in total. The Bertz CT molecular complexity index is 706. The Labute approximate surface area is 142 Å². The second-order valence-corrected chi connectivity index (χ2v) is 6.23. The zero-order valence-electron chi connectivity index (χ0n) is 12.9. The topological polar surface area (TPSA) is 45.4 Å². The van der Waals surface area contributed by atoms with Crippen molar-refractivity contribution >= 4 is 17.6 Å². The Morgan fingerprint density at radius 2 is 2.12 bits per heavy atom. The van der Waals surface area contributed by atoms with Crippen molar-refractivity contribution in [2.75, 3.05) is 31.1 Å². The van der Waals surface area contributed by atoms with E-state index in [9.17, 15) is 13.2 Å². The Kier molecular flexibility index (Phi) is 4.69. The van der Waals surface area contributed by atoms with E-state index in [1.807, 2.05) is 6.07 Å². The van der Waals surface area contributed by atoms with Crippen molar-refractivity contribution in [1.82, 2.24) is 15.0 Å². The number of nitrogens with zero attached hydrogens (tertiary/aromatic N) is 4. The molecule has 0 aliphatic carbocycles. The molecule has 2 heterocycles. The maximum atomic E-state index is 12.6. The molecule has 0 spiro atoms. The Morgan fingerprint density at radius 3 is 2.79 bits per heavy atom. The summed E-state index contributed by atoms with van der Waals surface area (Å²) in [5, 5.41) is 4.49. The van der Waals surface area contributed by atoms with Gasteiger partial charge in [0.25, 0.3) is 0 Å². The van der Waals surface area contributed by atoms with Gasteiger partial charge in [-0.3, -0.25) is 4.90 Å². The number of alkyl halides is 3. The van der Waals surface area contributed by atoms with E-state index in [0.717, 1.165) is 5.56 Å². The van der Waals surface area contributed by atoms with Crippen LogP contribution in [0.4, 0.5) is 19.2 Å². The van der Waals surface area contributed by atoms with Crippen LogP contribution in [0.5, 0.6) is 0 Å². The largest absolute Gasteiger partial charge is 0.401 e. The minimum absolute atomic E-state index is 0.262. The highest BCUT2D eigenvalue weighted by atomic mass is 35.5. The first-order valence-electron chi connectivity index (χ1n) is 7.47. The number of aromatic nitrogens is 2. The summed E-state index contributed by atoms with van der Waals surface area (Å²) in [6, 6.07) is 7.11. The number of benzene rings is 1. The monoisotopic (exact) mass is 360 g/mol. The van der Waals surface area contributed by atoms with Crippen molar-refractivity contribution in [3.05, 3.63) is 29.3 Å². The molecule has 3 rings (SSSR count). The van der Waals surface area contributed by atoms with Crippen LogP contribution in [0.3, 0.4) is 0 Å². The summed E-state index contributed by atoms with van der Waals surface area (Å²) in [4.78, 5) is 7.54. The Hall–Kier alpha value is -1.80. The van der Waals surface area contributed by atoms with Gasteiger partial charge in [0, 0.05) is 36.3 Å². The molecule has 1 fully saturated rings. The molecule has 1 aliphatic heterocycles. The van der Waals surface area contributed by atoms with Crippen LogP contribution in [-0.2, 0) is 0 Å². The summed E-state index contributed by atoms with van der Waals surface area (Å²) in [7, 11) is 0. The van der Waals surface area contributed by atoms with Gasteiger partial charge in [-0.05, 0) is 19.1 Å². The third-order valence-electron chi connectivity index (χ3n) is 3.92. The maximum Gasteiger partial charge on any atom is 0.401 e. The lowest BCUT2D eigenvalue weighted by molar-refractivity contribution is -0.150. The number of halogens is 4. The molecule has 24 heavy (non-hydrogen) atoms. The van der Waals surface area contributed by atoms with E-state index in [0.29, 0.717) is 30.0 Å². The van der Waals surface area contributed by atoms with Crippen LogP contribution in [0.25, 0.3) is 11.4 Å². The van der Waals surface area contributed by atoms with Crippen LogP contribution in [0.1, 0.15) is 6.92 Å². The summed E-state index contributed by atoms with van der Waals surface area (Å²) in [5.74, 6) is 0.401. The smallest absolute Gasteiger partial charge is 0.322 e. The average Bonchev–Trinajstić information content (AvgIpc) is 2.98. The predicted octanol–water partition coefficient (Wildman–Crippen LogP) is 3.46. The quantitative estimate of drug-likeness (QED) is 0.838. The van der Waals surface area contributed by atoms with E-state index in [-0.39, 0.29) is 12.6 Å². The van der Waals surface area contributed by atoms with Gasteiger partial charge in [-0.2, -0.15) is 18.2 Å². The summed E-state index contributed by atoms with van der Waals surface area (Å²) in [5.41, 5.74) is 0.723. The highest BCUT2D eigenvalue weighted by molar-refractivity contribution is 6.30. The molecule has 1 aliphatic rings. The molecule has 130 valence electrons. The number of hydrogen-bond donors (Lipinski definition) is 0. The summed E-state index contributed by atoms with van der Waals surface area (Å²) in [6.07, 6.45) is -4.19. The van der Waals surface area contributed by atoms with Gasteiger partial charge >= 0.3 is 12.2 Å². The minimum atomic E-state index is -4.19. The number of anilines is 1. The molecular formula is C15H16ClF3N4O. The van der Waals surface area contributed by atoms with Gasteiger partial charge in [-0.1, -0.05) is 28.9 Å². The first kappa shape index (κ1) is 17.0. The Morgan fingerprint density at radius 1 is 1.33 bits per heavy atom. The number of hydrogen-bond acceptors (Lipinski definition) is 5. The normalized spacial score (nSPS) is 19.7. The van der Waals surface area contributed by atoms with E-state index in [1.165, 1.54) is 4.90 Å². The molecular weight excluding hydrogens is 345 g/mol. The summed E-state index contributed by atoms with van der Waals surface area (Å²) >= 11 is 5.94. The fraction of sp³-hybridized carbons (Fsp3) is 0.467.